The van der Waals surface area contributed by atoms with Crippen LogP contribution in [0.15, 0.2) is 53.3 Å². The van der Waals surface area contributed by atoms with Gasteiger partial charge in [0.05, 0.1) is 35.4 Å². The summed E-state index contributed by atoms with van der Waals surface area (Å²) in [5.74, 6) is 0.115. The van der Waals surface area contributed by atoms with E-state index in [1.54, 1.807) is 12.3 Å². The van der Waals surface area contributed by atoms with Gasteiger partial charge in [0.2, 0.25) is 0 Å². The molecule has 0 N–H and O–H groups in total. The zero-order valence-electron chi connectivity index (χ0n) is 21.4. The predicted molar refractivity (Wildman–Crippen MR) is 139 cm³/mol. The summed E-state index contributed by atoms with van der Waals surface area (Å²) in [6, 6.07) is 10.3. The molecule has 1 aliphatic heterocycles. The Morgan fingerprint density at radius 1 is 1.08 bits per heavy atom. The molecule has 0 spiro atoms. The number of ether oxygens (including phenoxy) is 2. The van der Waals surface area contributed by atoms with Gasteiger partial charge in [0, 0.05) is 42.1 Å². The van der Waals surface area contributed by atoms with Crippen molar-refractivity contribution in [3.05, 3.63) is 77.3 Å². The molecule has 4 aromatic heterocycles. The highest BCUT2D eigenvalue weighted by Crippen LogP contribution is 2.41. The van der Waals surface area contributed by atoms with Crippen LogP contribution in [-0.4, -0.2) is 46.0 Å². The van der Waals surface area contributed by atoms with Gasteiger partial charge in [-0.05, 0) is 62.4 Å². The molecule has 8 nitrogen and oxygen atoms in total. The third-order valence-corrected chi connectivity index (χ3v) is 7.44. The molecular weight excluding hydrogens is 487 g/mol. The number of hydrogen-bond acceptors (Lipinski definition) is 7. The lowest BCUT2D eigenvalue weighted by Gasteiger charge is -2.33. The molecule has 0 bridgehead atoms. The summed E-state index contributed by atoms with van der Waals surface area (Å²) in [7, 11) is 1.34. The van der Waals surface area contributed by atoms with Crippen molar-refractivity contribution in [3.8, 4) is 11.1 Å². The lowest BCUT2D eigenvalue weighted by molar-refractivity contribution is 0.0552. The highest BCUT2D eigenvalue weighted by Gasteiger charge is 2.31. The topological polar surface area (TPSA) is 92.3 Å². The van der Waals surface area contributed by atoms with Crippen LogP contribution in [0, 0.1) is 25.6 Å². The number of aryl methyl sites for hydroxylation is 2. The second kappa shape index (κ2) is 9.64. The smallest absolute Gasteiger partial charge is 0.356 e. The van der Waals surface area contributed by atoms with Gasteiger partial charge in [0.1, 0.15) is 17.3 Å². The number of halogens is 1. The maximum Gasteiger partial charge on any atom is 0.356 e. The van der Waals surface area contributed by atoms with E-state index in [0.29, 0.717) is 19.0 Å². The van der Waals surface area contributed by atoms with E-state index in [4.69, 9.17) is 19.0 Å². The number of carbonyl (C=O) groups is 1. The minimum Gasteiger partial charge on any atom is -0.464 e. The van der Waals surface area contributed by atoms with E-state index in [1.807, 2.05) is 32.2 Å². The second-order valence-corrected chi connectivity index (χ2v) is 9.69. The van der Waals surface area contributed by atoms with Crippen LogP contribution in [0.5, 0.6) is 0 Å². The van der Waals surface area contributed by atoms with E-state index in [0.717, 1.165) is 57.2 Å². The van der Waals surface area contributed by atoms with E-state index in [2.05, 4.69) is 20.8 Å². The zero-order valence-corrected chi connectivity index (χ0v) is 21.4. The Hall–Kier alpha value is -4.11. The van der Waals surface area contributed by atoms with Crippen LogP contribution in [0.4, 0.5) is 4.39 Å². The number of fused-ring (bicyclic) bond motifs is 3. The second-order valence-electron chi connectivity index (χ2n) is 9.69. The molecule has 0 aliphatic carbocycles. The highest BCUT2D eigenvalue weighted by atomic mass is 19.1. The first-order valence-electron chi connectivity index (χ1n) is 12.6. The molecule has 1 aromatic carbocycles. The summed E-state index contributed by atoms with van der Waals surface area (Å²) < 4.78 is 32.3. The molecule has 1 saturated heterocycles. The molecule has 194 valence electrons. The van der Waals surface area contributed by atoms with Gasteiger partial charge in [-0.25, -0.2) is 14.2 Å². The molecule has 1 aliphatic rings. The molecule has 0 unspecified atom stereocenters. The molecule has 5 heterocycles. The van der Waals surface area contributed by atoms with Crippen LogP contribution in [-0.2, 0) is 9.47 Å². The molecule has 1 atom stereocenters. The van der Waals surface area contributed by atoms with Crippen molar-refractivity contribution in [2.24, 2.45) is 5.92 Å². The normalized spacial score (nSPS) is 15.3. The first kappa shape index (κ1) is 24.2. The van der Waals surface area contributed by atoms with Crippen LogP contribution in [0.1, 0.15) is 46.4 Å². The fourth-order valence-corrected chi connectivity index (χ4v) is 5.67. The Morgan fingerprint density at radius 2 is 1.84 bits per heavy atom. The van der Waals surface area contributed by atoms with Crippen LogP contribution < -0.4 is 0 Å². The zero-order chi connectivity index (χ0) is 26.4. The van der Waals surface area contributed by atoms with Crippen molar-refractivity contribution in [3.63, 3.8) is 0 Å². The number of hydrogen-bond donors (Lipinski definition) is 0. The average molecular weight is 515 g/mol. The monoisotopic (exact) mass is 514 g/mol. The van der Waals surface area contributed by atoms with E-state index < -0.39 is 5.97 Å². The average Bonchev–Trinajstić information content (AvgIpc) is 3.45. The van der Waals surface area contributed by atoms with Gasteiger partial charge in [-0.1, -0.05) is 17.3 Å². The minimum atomic E-state index is -0.516. The Morgan fingerprint density at radius 3 is 2.53 bits per heavy atom. The predicted octanol–water partition coefficient (Wildman–Crippen LogP) is 5.80. The SMILES string of the molecule is COC(=O)c1cc2c(cn1)c1ncc(-c3c(C)noc3C)cc1n2[C@H](c1ccc(F)cc1)C1CCOCC1. The number of nitrogens with zero attached hydrogens (tertiary/aromatic N) is 4. The summed E-state index contributed by atoms with van der Waals surface area (Å²) in [5.41, 5.74) is 6.18. The Bertz CT molecular complexity index is 1630. The number of carbonyl (C=O) groups excluding carboxylic acids is 1. The van der Waals surface area contributed by atoms with Crippen molar-refractivity contribution in [2.75, 3.05) is 20.3 Å². The van der Waals surface area contributed by atoms with Crippen molar-refractivity contribution in [1.82, 2.24) is 19.7 Å². The van der Waals surface area contributed by atoms with E-state index in [9.17, 15) is 9.18 Å². The molecular formula is C29H27FN4O4. The van der Waals surface area contributed by atoms with Gasteiger partial charge >= 0.3 is 5.97 Å². The van der Waals surface area contributed by atoms with E-state index in [-0.39, 0.29) is 23.5 Å². The molecule has 0 saturated carbocycles. The first-order valence-corrected chi connectivity index (χ1v) is 12.6. The fourth-order valence-electron chi connectivity index (χ4n) is 5.67. The Balaban J connectivity index is 1.68. The van der Waals surface area contributed by atoms with Gasteiger partial charge < -0.3 is 18.6 Å². The molecule has 1 fully saturated rings. The lowest BCUT2D eigenvalue weighted by atomic mass is 9.86. The number of methoxy groups -OCH3 is 1. The van der Waals surface area contributed by atoms with Gasteiger partial charge in [0.25, 0.3) is 0 Å². The molecule has 5 aromatic rings. The summed E-state index contributed by atoms with van der Waals surface area (Å²) >= 11 is 0. The van der Waals surface area contributed by atoms with Crippen LogP contribution in [0.2, 0.25) is 0 Å². The quantitative estimate of drug-likeness (QED) is 0.274. The van der Waals surface area contributed by atoms with Crippen LogP contribution in [0.25, 0.3) is 33.1 Å². The molecule has 38 heavy (non-hydrogen) atoms. The summed E-state index contributed by atoms with van der Waals surface area (Å²) in [5, 5.41) is 4.94. The number of rotatable bonds is 5. The standard InChI is InChI=1S/C29H27FN4O4/c1-16-26(17(2)38-33-16)20-12-25-27(32-14-20)22-15-31-23(29(35)36-3)13-24(22)34(25)28(19-8-10-37-11-9-19)18-4-6-21(30)7-5-18/h4-7,12-15,19,28H,8-11H2,1-3H3/t28-/m1/s1. The third-order valence-electron chi connectivity index (χ3n) is 7.44. The number of esters is 1. The molecule has 0 radical (unpaired) electrons. The van der Waals surface area contributed by atoms with Gasteiger partial charge in [-0.2, -0.15) is 0 Å². The first-order chi connectivity index (χ1) is 18.5. The maximum absolute atomic E-state index is 14.0. The summed E-state index contributed by atoms with van der Waals surface area (Å²) in [4.78, 5) is 21.7. The highest BCUT2D eigenvalue weighted by molar-refractivity contribution is 6.08. The summed E-state index contributed by atoms with van der Waals surface area (Å²) in [6.45, 7) is 5.08. The van der Waals surface area contributed by atoms with E-state index >= 15 is 0 Å². The fraction of sp³-hybridized carbons (Fsp3) is 0.310. The Kier molecular flexibility index (Phi) is 6.15. The number of benzene rings is 1. The molecule has 6 rings (SSSR count). The lowest BCUT2D eigenvalue weighted by Crippen LogP contribution is -2.27. The van der Waals surface area contributed by atoms with Crippen molar-refractivity contribution >= 4 is 27.9 Å². The largest absolute Gasteiger partial charge is 0.464 e. The van der Waals surface area contributed by atoms with Crippen molar-refractivity contribution in [2.45, 2.75) is 32.7 Å². The van der Waals surface area contributed by atoms with Gasteiger partial charge in [0.15, 0.2) is 0 Å². The van der Waals surface area contributed by atoms with Crippen molar-refractivity contribution < 1.29 is 23.2 Å². The van der Waals surface area contributed by atoms with Crippen molar-refractivity contribution in [1.29, 1.82) is 0 Å². The van der Waals surface area contributed by atoms with Crippen LogP contribution in [0.3, 0.4) is 0 Å². The molecule has 0 amide bonds. The summed E-state index contributed by atoms with van der Waals surface area (Å²) in [6.07, 6.45) is 5.17. The molecule has 9 heteroatoms. The maximum atomic E-state index is 14.0. The Labute approximate surface area is 218 Å². The van der Waals surface area contributed by atoms with E-state index in [1.165, 1.54) is 19.2 Å². The number of aromatic nitrogens is 4. The third kappa shape index (κ3) is 4.03. The van der Waals surface area contributed by atoms with Gasteiger partial charge in [-0.15, -0.1) is 0 Å². The van der Waals surface area contributed by atoms with Crippen LogP contribution >= 0.6 is 0 Å². The van der Waals surface area contributed by atoms with Gasteiger partial charge in [-0.3, -0.25) is 4.98 Å². The number of pyridine rings is 2. The minimum absolute atomic E-state index is 0.158.